The van der Waals surface area contributed by atoms with Crippen LogP contribution in [-0.4, -0.2) is 0 Å². The molecule has 0 N–H and O–H groups in total. The maximum atomic E-state index is 3.77. The second-order valence-electron chi connectivity index (χ2n) is 6.06. The molecule has 0 unspecified atom stereocenters. The summed E-state index contributed by atoms with van der Waals surface area (Å²) >= 11 is 7.41. The largest absolute Gasteiger partial charge is 0.0616 e. The lowest BCUT2D eigenvalue weighted by Gasteiger charge is -2.14. The first-order chi connectivity index (χ1) is 11.7. The summed E-state index contributed by atoms with van der Waals surface area (Å²) in [6, 6.07) is 26.1. The molecule has 0 amide bonds. The molecule has 0 nitrogen and oxygen atoms in total. The van der Waals surface area contributed by atoms with E-state index in [1.165, 1.54) is 43.1 Å². The maximum absolute atomic E-state index is 3.77. The van der Waals surface area contributed by atoms with E-state index in [0.717, 1.165) is 8.95 Å². The normalized spacial score (nSPS) is 11.8. The van der Waals surface area contributed by atoms with Gasteiger partial charge in [0, 0.05) is 8.95 Å². The van der Waals surface area contributed by atoms with Crippen LogP contribution in [0.3, 0.4) is 0 Å². The molecule has 24 heavy (non-hydrogen) atoms. The Labute approximate surface area is 156 Å². The third kappa shape index (κ3) is 1.96. The van der Waals surface area contributed by atoms with Crippen LogP contribution in [0.25, 0.3) is 43.1 Å². The molecule has 0 aliphatic heterocycles. The predicted molar refractivity (Wildman–Crippen MR) is 112 cm³/mol. The van der Waals surface area contributed by atoms with Gasteiger partial charge in [0.1, 0.15) is 0 Å². The molecule has 0 aliphatic rings. The van der Waals surface area contributed by atoms with Gasteiger partial charge in [-0.25, -0.2) is 0 Å². The van der Waals surface area contributed by atoms with Gasteiger partial charge in [-0.15, -0.1) is 0 Å². The van der Waals surface area contributed by atoms with Gasteiger partial charge in [-0.2, -0.15) is 0 Å². The predicted octanol–water partition coefficient (Wildman–Crippen LogP) is 7.82. The van der Waals surface area contributed by atoms with E-state index >= 15 is 0 Å². The van der Waals surface area contributed by atoms with Crippen LogP contribution < -0.4 is 0 Å². The lowest BCUT2D eigenvalue weighted by atomic mass is 9.91. The SMILES string of the molecule is Brc1ccc2c(c1)c1ccccc1c1cc(Br)c3ccccc3c21. The molecule has 5 aromatic carbocycles. The Morgan fingerprint density at radius 1 is 0.458 bits per heavy atom. The molecule has 0 saturated carbocycles. The molecule has 0 aromatic heterocycles. The van der Waals surface area contributed by atoms with Gasteiger partial charge >= 0.3 is 0 Å². The highest BCUT2D eigenvalue weighted by Gasteiger charge is 2.13. The Bertz CT molecular complexity index is 1270. The van der Waals surface area contributed by atoms with Gasteiger partial charge < -0.3 is 0 Å². The molecule has 0 atom stereocenters. The first-order valence-corrected chi connectivity index (χ1v) is 9.43. The van der Waals surface area contributed by atoms with Crippen molar-refractivity contribution in [1.29, 1.82) is 0 Å². The van der Waals surface area contributed by atoms with Gasteiger partial charge in [-0.3, -0.25) is 0 Å². The molecule has 0 radical (unpaired) electrons. The van der Waals surface area contributed by atoms with Gasteiger partial charge in [0.15, 0.2) is 0 Å². The molecular weight excluding hydrogens is 424 g/mol. The van der Waals surface area contributed by atoms with Crippen LogP contribution in [-0.2, 0) is 0 Å². The zero-order valence-electron chi connectivity index (χ0n) is 12.7. The van der Waals surface area contributed by atoms with Crippen LogP contribution in [0.2, 0.25) is 0 Å². The smallest absolute Gasteiger partial charge is 0.0260 e. The van der Waals surface area contributed by atoms with Crippen LogP contribution in [0.4, 0.5) is 0 Å². The maximum Gasteiger partial charge on any atom is 0.0260 e. The molecule has 0 spiro atoms. The molecule has 0 heterocycles. The van der Waals surface area contributed by atoms with Crippen molar-refractivity contribution in [1.82, 2.24) is 0 Å². The highest BCUT2D eigenvalue weighted by atomic mass is 79.9. The number of fused-ring (bicyclic) bond motifs is 8. The quantitative estimate of drug-likeness (QED) is 0.217. The average molecular weight is 436 g/mol. The molecule has 5 rings (SSSR count). The average Bonchev–Trinajstić information content (AvgIpc) is 2.62. The van der Waals surface area contributed by atoms with Gasteiger partial charge in [0.25, 0.3) is 0 Å². The summed E-state index contributed by atoms with van der Waals surface area (Å²) in [5, 5.41) is 10.4. The van der Waals surface area contributed by atoms with Crippen LogP contribution >= 0.6 is 31.9 Å². The van der Waals surface area contributed by atoms with E-state index in [2.05, 4.69) is 105 Å². The zero-order valence-corrected chi connectivity index (χ0v) is 15.9. The highest BCUT2D eigenvalue weighted by molar-refractivity contribution is 9.11. The number of hydrogen-bond acceptors (Lipinski definition) is 0. The topological polar surface area (TPSA) is 0 Å². The van der Waals surface area contributed by atoms with Crippen molar-refractivity contribution in [3.63, 3.8) is 0 Å². The summed E-state index contributed by atoms with van der Waals surface area (Å²) in [4.78, 5) is 0. The van der Waals surface area contributed by atoms with E-state index < -0.39 is 0 Å². The second-order valence-corrected chi connectivity index (χ2v) is 7.83. The van der Waals surface area contributed by atoms with E-state index in [0.29, 0.717) is 0 Å². The first-order valence-electron chi connectivity index (χ1n) is 7.85. The lowest BCUT2D eigenvalue weighted by Crippen LogP contribution is -1.86. The molecular formula is C22H12Br2. The van der Waals surface area contributed by atoms with E-state index in [1.54, 1.807) is 0 Å². The van der Waals surface area contributed by atoms with Gasteiger partial charge in [0.05, 0.1) is 0 Å². The zero-order chi connectivity index (χ0) is 16.3. The molecule has 0 bridgehead atoms. The standard InChI is InChI=1S/C22H12Br2/c23-13-9-10-18-19(11-13)14-5-1-2-6-15(14)20-12-21(24)16-7-3-4-8-17(16)22(18)20/h1-12H. The Kier molecular flexibility index (Phi) is 3.19. The van der Waals surface area contributed by atoms with Crippen LogP contribution in [0, 0.1) is 0 Å². The van der Waals surface area contributed by atoms with Crippen molar-refractivity contribution >= 4 is 74.9 Å². The van der Waals surface area contributed by atoms with E-state index in [4.69, 9.17) is 0 Å². The molecule has 0 fully saturated rings. The Morgan fingerprint density at radius 3 is 1.79 bits per heavy atom. The van der Waals surface area contributed by atoms with Gasteiger partial charge in [0.2, 0.25) is 0 Å². The fourth-order valence-corrected chi connectivity index (χ4v) is 4.68. The molecule has 5 aromatic rings. The molecule has 0 saturated heterocycles. The summed E-state index contributed by atoms with van der Waals surface area (Å²) < 4.78 is 2.26. The van der Waals surface area contributed by atoms with E-state index in [-0.39, 0.29) is 0 Å². The summed E-state index contributed by atoms with van der Waals surface area (Å²) in [5.41, 5.74) is 0. The summed E-state index contributed by atoms with van der Waals surface area (Å²) in [6.45, 7) is 0. The van der Waals surface area contributed by atoms with Crippen molar-refractivity contribution in [2.75, 3.05) is 0 Å². The minimum Gasteiger partial charge on any atom is -0.0616 e. The number of hydrogen-bond donors (Lipinski definition) is 0. The van der Waals surface area contributed by atoms with Crippen LogP contribution in [0.1, 0.15) is 0 Å². The van der Waals surface area contributed by atoms with Crippen molar-refractivity contribution in [3.8, 4) is 0 Å². The molecule has 114 valence electrons. The number of halogens is 2. The van der Waals surface area contributed by atoms with Crippen molar-refractivity contribution in [2.24, 2.45) is 0 Å². The summed E-state index contributed by atoms with van der Waals surface area (Å²) in [6.07, 6.45) is 0. The van der Waals surface area contributed by atoms with E-state index in [1.807, 2.05) is 0 Å². The van der Waals surface area contributed by atoms with Gasteiger partial charge in [-0.1, -0.05) is 86.5 Å². The molecule has 0 aliphatic carbocycles. The second kappa shape index (κ2) is 5.30. The summed E-state index contributed by atoms with van der Waals surface area (Å²) in [7, 11) is 0. The fourth-order valence-electron chi connectivity index (χ4n) is 3.74. The van der Waals surface area contributed by atoms with Crippen molar-refractivity contribution < 1.29 is 0 Å². The van der Waals surface area contributed by atoms with Gasteiger partial charge in [-0.05, 0) is 61.3 Å². The minimum atomic E-state index is 1.11. The van der Waals surface area contributed by atoms with Crippen LogP contribution in [0.5, 0.6) is 0 Å². The molecule has 2 heteroatoms. The van der Waals surface area contributed by atoms with Crippen LogP contribution in [0.15, 0.2) is 81.7 Å². The fraction of sp³-hybridized carbons (Fsp3) is 0. The van der Waals surface area contributed by atoms with E-state index in [9.17, 15) is 0 Å². The Balaban J connectivity index is 2.23. The highest BCUT2D eigenvalue weighted by Crippen LogP contribution is 2.41. The third-order valence-electron chi connectivity index (χ3n) is 4.75. The third-order valence-corrected chi connectivity index (χ3v) is 5.90. The Morgan fingerprint density at radius 2 is 1.04 bits per heavy atom. The minimum absolute atomic E-state index is 1.11. The number of benzene rings is 5. The van der Waals surface area contributed by atoms with Crippen molar-refractivity contribution in [3.05, 3.63) is 81.7 Å². The lowest BCUT2D eigenvalue weighted by molar-refractivity contribution is 1.73. The number of rotatable bonds is 0. The monoisotopic (exact) mass is 434 g/mol. The Hall–Kier alpha value is -1.90. The van der Waals surface area contributed by atoms with Crippen molar-refractivity contribution in [2.45, 2.75) is 0 Å². The first kappa shape index (κ1) is 14.4. The summed E-state index contributed by atoms with van der Waals surface area (Å²) in [5.74, 6) is 0.